The lowest BCUT2D eigenvalue weighted by Crippen LogP contribution is -2.33. The third kappa shape index (κ3) is 5.03. The largest absolute Gasteiger partial charge is 0.497 e. The number of rotatable bonds is 7. The van der Waals surface area contributed by atoms with Gasteiger partial charge in [0.2, 0.25) is 5.91 Å². The molecule has 0 radical (unpaired) electrons. The Bertz CT molecular complexity index is 1150. The van der Waals surface area contributed by atoms with Crippen LogP contribution in [0.4, 0.5) is 15.8 Å². The SMILES string of the molecule is COc1ccc(N([C@H](C)c2ccc(F)cc2)S(=O)(=O)c2ccc(NC(C)=O)cc2)cc1. The smallest absolute Gasteiger partial charge is 0.264 e. The van der Waals surface area contributed by atoms with Gasteiger partial charge in [-0.2, -0.15) is 0 Å². The fourth-order valence-electron chi connectivity index (χ4n) is 3.20. The van der Waals surface area contributed by atoms with Gasteiger partial charge in [-0.15, -0.1) is 0 Å². The van der Waals surface area contributed by atoms with Gasteiger partial charge in [-0.1, -0.05) is 12.1 Å². The molecule has 0 aliphatic heterocycles. The maximum Gasteiger partial charge on any atom is 0.264 e. The highest BCUT2D eigenvalue weighted by atomic mass is 32.2. The molecule has 1 atom stereocenters. The summed E-state index contributed by atoms with van der Waals surface area (Å²) in [5, 5.41) is 2.61. The molecule has 3 rings (SSSR count). The Morgan fingerprint density at radius 2 is 1.55 bits per heavy atom. The highest BCUT2D eigenvalue weighted by molar-refractivity contribution is 7.92. The number of carbonyl (C=O) groups excluding carboxylic acids is 1. The van der Waals surface area contributed by atoms with Gasteiger partial charge in [0.05, 0.1) is 23.7 Å². The van der Waals surface area contributed by atoms with E-state index in [2.05, 4.69) is 5.32 Å². The molecule has 1 amide bonds. The minimum atomic E-state index is -3.99. The number of halogens is 1. The van der Waals surface area contributed by atoms with Crippen LogP contribution in [0.2, 0.25) is 0 Å². The highest BCUT2D eigenvalue weighted by Crippen LogP contribution is 2.34. The molecule has 1 N–H and O–H groups in total. The van der Waals surface area contributed by atoms with Gasteiger partial charge in [-0.25, -0.2) is 12.8 Å². The van der Waals surface area contributed by atoms with Crippen molar-refractivity contribution in [2.24, 2.45) is 0 Å². The van der Waals surface area contributed by atoms with E-state index in [-0.39, 0.29) is 10.8 Å². The molecule has 0 fully saturated rings. The van der Waals surface area contributed by atoms with Crippen molar-refractivity contribution in [2.75, 3.05) is 16.7 Å². The average Bonchev–Trinajstić information content (AvgIpc) is 2.74. The summed E-state index contributed by atoms with van der Waals surface area (Å²) < 4.78 is 47.1. The van der Waals surface area contributed by atoms with Gasteiger partial charge < -0.3 is 10.1 Å². The second-order valence-electron chi connectivity index (χ2n) is 6.93. The van der Waals surface area contributed by atoms with Gasteiger partial charge in [-0.3, -0.25) is 9.10 Å². The maximum absolute atomic E-state index is 13.6. The summed E-state index contributed by atoms with van der Waals surface area (Å²) in [6, 6.07) is 17.7. The molecular weight excluding hydrogens is 419 g/mol. The summed E-state index contributed by atoms with van der Waals surface area (Å²) in [5.41, 5.74) is 1.56. The lowest BCUT2D eigenvalue weighted by Gasteiger charge is -2.31. The molecule has 0 heterocycles. The molecule has 31 heavy (non-hydrogen) atoms. The predicted molar refractivity (Wildman–Crippen MR) is 118 cm³/mol. The summed E-state index contributed by atoms with van der Waals surface area (Å²) in [6.07, 6.45) is 0. The number of nitrogens with zero attached hydrogens (tertiary/aromatic N) is 1. The summed E-state index contributed by atoms with van der Waals surface area (Å²) in [5.74, 6) is -0.0565. The van der Waals surface area contributed by atoms with Gasteiger partial charge in [0, 0.05) is 12.6 Å². The number of anilines is 2. The average molecular weight is 443 g/mol. The molecule has 6 nitrogen and oxygen atoms in total. The Labute approximate surface area is 181 Å². The summed E-state index contributed by atoms with van der Waals surface area (Å²) in [6.45, 7) is 3.11. The monoisotopic (exact) mass is 442 g/mol. The normalized spacial score (nSPS) is 12.1. The number of ether oxygens (including phenoxy) is 1. The molecule has 0 spiro atoms. The number of hydrogen-bond donors (Lipinski definition) is 1. The van der Waals surface area contributed by atoms with Gasteiger partial charge in [0.15, 0.2) is 0 Å². The number of nitrogens with one attached hydrogen (secondary N) is 1. The van der Waals surface area contributed by atoms with E-state index in [1.807, 2.05) is 0 Å². The van der Waals surface area contributed by atoms with Crippen LogP contribution in [0.25, 0.3) is 0 Å². The molecule has 8 heteroatoms. The van der Waals surface area contributed by atoms with E-state index in [9.17, 15) is 17.6 Å². The van der Waals surface area contributed by atoms with E-state index >= 15 is 0 Å². The zero-order valence-electron chi connectivity index (χ0n) is 17.4. The molecule has 162 valence electrons. The van der Waals surface area contributed by atoms with Crippen LogP contribution in [-0.2, 0) is 14.8 Å². The Balaban J connectivity index is 2.07. The van der Waals surface area contributed by atoms with Crippen LogP contribution in [-0.4, -0.2) is 21.4 Å². The first-order chi connectivity index (χ1) is 14.7. The van der Waals surface area contributed by atoms with E-state index in [0.717, 1.165) is 0 Å². The fraction of sp³-hybridized carbons (Fsp3) is 0.174. The van der Waals surface area contributed by atoms with Crippen LogP contribution in [0.1, 0.15) is 25.5 Å². The minimum absolute atomic E-state index is 0.0615. The first kappa shape index (κ1) is 22.3. The first-order valence-electron chi connectivity index (χ1n) is 9.54. The molecule has 0 bridgehead atoms. The highest BCUT2D eigenvalue weighted by Gasteiger charge is 2.30. The van der Waals surface area contributed by atoms with Crippen LogP contribution in [0, 0.1) is 5.82 Å². The number of methoxy groups -OCH3 is 1. The Morgan fingerprint density at radius 1 is 0.968 bits per heavy atom. The fourth-order valence-corrected chi connectivity index (χ4v) is 4.85. The second-order valence-corrected chi connectivity index (χ2v) is 8.75. The van der Waals surface area contributed by atoms with Crippen molar-refractivity contribution in [3.8, 4) is 5.75 Å². The summed E-state index contributed by atoms with van der Waals surface area (Å²) in [4.78, 5) is 11.3. The van der Waals surface area contributed by atoms with Crippen molar-refractivity contribution in [2.45, 2.75) is 24.8 Å². The zero-order chi connectivity index (χ0) is 22.6. The number of hydrogen-bond acceptors (Lipinski definition) is 4. The molecule has 0 saturated heterocycles. The summed E-state index contributed by atoms with van der Waals surface area (Å²) in [7, 11) is -2.46. The zero-order valence-corrected chi connectivity index (χ0v) is 18.2. The molecule has 0 unspecified atom stereocenters. The van der Waals surface area contributed by atoms with Crippen LogP contribution in [0.15, 0.2) is 77.7 Å². The Morgan fingerprint density at radius 3 is 2.06 bits per heavy atom. The number of amides is 1. The predicted octanol–water partition coefficient (Wildman–Crippen LogP) is 4.75. The van der Waals surface area contributed by atoms with Crippen molar-refractivity contribution >= 4 is 27.3 Å². The molecule has 0 saturated carbocycles. The Hall–Kier alpha value is -3.39. The van der Waals surface area contributed by atoms with E-state index in [4.69, 9.17) is 4.74 Å². The molecule has 0 aliphatic rings. The van der Waals surface area contributed by atoms with E-state index in [1.165, 1.54) is 54.7 Å². The van der Waals surface area contributed by atoms with Gasteiger partial charge in [-0.05, 0) is 73.2 Å². The molecule has 3 aromatic rings. The van der Waals surface area contributed by atoms with Crippen LogP contribution in [0.3, 0.4) is 0 Å². The number of sulfonamides is 1. The van der Waals surface area contributed by atoms with E-state index < -0.39 is 21.9 Å². The van der Waals surface area contributed by atoms with Gasteiger partial charge >= 0.3 is 0 Å². The minimum Gasteiger partial charge on any atom is -0.497 e. The van der Waals surface area contributed by atoms with Crippen LogP contribution in [0.5, 0.6) is 5.75 Å². The van der Waals surface area contributed by atoms with Crippen LogP contribution >= 0.6 is 0 Å². The Kier molecular flexibility index (Phi) is 6.60. The van der Waals surface area contributed by atoms with Crippen molar-refractivity contribution in [3.05, 3.63) is 84.2 Å². The van der Waals surface area contributed by atoms with E-state index in [0.29, 0.717) is 22.7 Å². The van der Waals surface area contributed by atoms with Gasteiger partial charge in [0.25, 0.3) is 10.0 Å². The third-order valence-corrected chi connectivity index (χ3v) is 6.68. The van der Waals surface area contributed by atoms with Gasteiger partial charge in [0.1, 0.15) is 11.6 Å². The number of benzene rings is 3. The quantitative estimate of drug-likeness (QED) is 0.573. The third-order valence-electron chi connectivity index (χ3n) is 4.76. The van der Waals surface area contributed by atoms with Crippen molar-refractivity contribution in [3.63, 3.8) is 0 Å². The molecular formula is C23H23FN2O4S. The van der Waals surface area contributed by atoms with E-state index in [1.54, 1.807) is 43.3 Å². The molecule has 3 aromatic carbocycles. The van der Waals surface area contributed by atoms with Crippen molar-refractivity contribution < 1.29 is 22.3 Å². The maximum atomic E-state index is 13.6. The number of carbonyl (C=O) groups is 1. The molecule has 0 aromatic heterocycles. The van der Waals surface area contributed by atoms with Crippen molar-refractivity contribution in [1.29, 1.82) is 0 Å². The van der Waals surface area contributed by atoms with Crippen LogP contribution < -0.4 is 14.4 Å². The van der Waals surface area contributed by atoms with Crippen molar-refractivity contribution in [1.82, 2.24) is 0 Å². The lowest BCUT2D eigenvalue weighted by atomic mass is 10.1. The first-order valence-corrected chi connectivity index (χ1v) is 11.0. The summed E-state index contributed by atoms with van der Waals surface area (Å²) >= 11 is 0. The second kappa shape index (κ2) is 9.18. The standard InChI is InChI=1S/C23H23FN2O4S/c1-16(18-4-6-19(24)7-5-18)26(21-10-12-22(30-3)13-11-21)31(28,29)23-14-8-20(9-15-23)25-17(2)27/h4-16H,1-3H3,(H,25,27)/t16-/m1/s1. The topological polar surface area (TPSA) is 75.7 Å². The lowest BCUT2D eigenvalue weighted by molar-refractivity contribution is -0.114. The molecule has 0 aliphatic carbocycles.